The van der Waals surface area contributed by atoms with Crippen molar-refractivity contribution in [2.45, 2.75) is 44.1 Å². The Hall–Kier alpha value is -3.43. The van der Waals surface area contributed by atoms with Crippen LogP contribution in [0.4, 0.5) is 14.6 Å². The van der Waals surface area contributed by atoms with Crippen LogP contribution >= 0.6 is 0 Å². The third-order valence-corrected chi connectivity index (χ3v) is 9.11. The van der Waals surface area contributed by atoms with Gasteiger partial charge in [0.1, 0.15) is 29.5 Å². The second-order valence-corrected chi connectivity index (χ2v) is 11.5. The molecule has 0 aliphatic carbocycles. The summed E-state index contributed by atoms with van der Waals surface area (Å²) in [5.41, 5.74) is 0.523. The normalized spacial score (nSPS) is 20.9. The first-order chi connectivity index (χ1) is 19.6. The number of halogens is 2. The lowest BCUT2D eigenvalue weighted by molar-refractivity contribution is 0.108. The maximum absolute atomic E-state index is 16.4. The molecule has 3 saturated heterocycles. The molecule has 3 fully saturated rings. The first-order valence-electron chi connectivity index (χ1n) is 14.3. The van der Waals surface area contributed by atoms with Crippen molar-refractivity contribution < 1.29 is 18.6 Å². The zero-order chi connectivity index (χ0) is 27.3. The van der Waals surface area contributed by atoms with Crippen LogP contribution in [0.5, 0.6) is 6.01 Å². The van der Waals surface area contributed by atoms with Crippen molar-refractivity contribution in [1.29, 1.82) is 0 Å². The van der Waals surface area contributed by atoms with Crippen molar-refractivity contribution in [3.05, 3.63) is 54.2 Å². The van der Waals surface area contributed by atoms with Crippen molar-refractivity contribution in [2.75, 3.05) is 44.3 Å². The first-order valence-corrected chi connectivity index (χ1v) is 14.3. The average Bonchev–Trinajstić information content (AvgIpc) is 3.57. The fourth-order valence-electron chi connectivity index (χ4n) is 7.07. The number of pyridine rings is 1. The lowest BCUT2D eigenvalue weighted by Gasteiger charge is -2.34. The molecule has 7 nitrogen and oxygen atoms in total. The number of anilines is 1. The number of aromatic nitrogens is 3. The molecule has 2 aromatic heterocycles. The predicted molar refractivity (Wildman–Crippen MR) is 150 cm³/mol. The molecule has 3 aliphatic heterocycles. The van der Waals surface area contributed by atoms with Crippen LogP contribution in [0.1, 0.15) is 38.5 Å². The number of aliphatic hydroxyl groups is 1. The molecule has 0 unspecified atom stereocenters. The van der Waals surface area contributed by atoms with E-state index in [1.54, 1.807) is 36.5 Å². The Morgan fingerprint density at radius 1 is 1.00 bits per heavy atom. The van der Waals surface area contributed by atoms with E-state index in [4.69, 9.17) is 9.72 Å². The van der Waals surface area contributed by atoms with Gasteiger partial charge in [-0.2, -0.15) is 9.97 Å². The number of piperidine rings is 1. The monoisotopic (exact) mass is 545 g/mol. The molecular formula is C31H33F2N5O2. The van der Waals surface area contributed by atoms with Crippen LogP contribution in [-0.4, -0.2) is 69.9 Å². The lowest BCUT2D eigenvalue weighted by Crippen LogP contribution is -2.43. The molecule has 1 atom stereocenters. The van der Waals surface area contributed by atoms with Gasteiger partial charge in [-0.3, -0.25) is 9.88 Å². The largest absolute Gasteiger partial charge is 0.461 e. The van der Waals surface area contributed by atoms with E-state index in [1.807, 2.05) is 0 Å². The molecule has 7 rings (SSSR count). The zero-order valence-corrected chi connectivity index (χ0v) is 22.5. The van der Waals surface area contributed by atoms with Crippen LogP contribution in [0, 0.1) is 17.6 Å². The van der Waals surface area contributed by atoms with E-state index >= 15 is 4.39 Å². The highest BCUT2D eigenvalue weighted by Gasteiger charge is 2.45. The van der Waals surface area contributed by atoms with Gasteiger partial charge in [-0.15, -0.1) is 0 Å². The van der Waals surface area contributed by atoms with Gasteiger partial charge in [0.15, 0.2) is 5.82 Å². The molecule has 2 aromatic carbocycles. The summed E-state index contributed by atoms with van der Waals surface area (Å²) in [5.74, 6) is -0.378. The van der Waals surface area contributed by atoms with Crippen molar-refractivity contribution >= 4 is 27.5 Å². The van der Waals surface area contributed by atoms with E-state index in [0.29, 0.717) is 40.7 Å². The Morgan fingerprint density at radius 2 is 1.80 bits per heavy atom. The van der Waals surface area contributed by atoms with Gasteiger partial charge in [-0.25, -0.2) is 8.78 Å². The first kappa shape index (κ1) is 25.5. The number of hydrogen-bond donors (Lipinski definition) is 1. The van der Waals surface area contributed by atoms with E-state index in [1.165, 1.54) is 6.07 Å². The average molecular weight is 546 g/mol. The summed E-state index contributed by atoms with van der Waals surface area (Å²) in [4.78, 5) is 18.5. The van der Waals surface area contributed by atoms with E-state index < -0.39 is 11.6 Å². The molecule has 0 bridgehead atoms. The van der Waals surface area contributed by atoms with Gasteiger partial charge in [-0.05, 0) is 69.0 Å². The molecular weight excluding hydrogens is 512 g/mol. The van der Waals surface area contributed by atoms with Crippen molar-refractivity contribution in [2.24, 2.45) is 5.92 Å². The van der Waals surface area contributed by atoms with Crippen LogP contribution in [0.25, 0.3) is 32.9 Å². The Balaban J connectivity index is 1.35. The van der Waals surface area contributed by atoms with Crippen LogP contribution in [0.3, 0.4) is 0 Å². The quantitative estimate of drug-likeness (QED) is 0.351. The molecule has 0 amide bonds. The summed E-state index contributed by atoms with van der Waals surface area (Å²) in [7, 11) is 0. The third kappa shape index (κ3) is 4.27. The van der Waals surface area contributed by atoms with Gasteiger partial charge in [-0.1, -0.05) is 30.3 Å². The third-order valence-electron chi connectivity index (χ3n) is 9.11. The Kier molecular flexibility index (Phi) is 6.51. The highest BCUT2D eigenvalue weighted by molar-refractivity contribution is 5.99. The summed E-state index contributed by atoms with van der Waals surface area (Å²) in [6.45, 7) is 4.05. The number of fused-ring (bicyclic) bond motifs is 3. The maximum Gasteiger partial charge on any atom is 0.319 e. The van der Waals surface area contributed by atoms with Crippen LogP contribution in [-0.2, 0) is 0 Å². The van der Waals surface area contributed by atoms with Gasteiger partial charge in [0.25, 0.3) is 0 Å². The Bertz CT molecular complexity index is 1570. The Morgan fingerprint density at radius 3 is 2.60 bits per heavy atom. The minimum atomic E-state index is -0.626. The minimum absolute atomic E-state index is 0.00593. The van der Waals surface area contributed by atoms with Crippen molar-refractivity contribution in [3.8, 4) is 17.3 Å². The zero-order valence-electron chi connectivity index (χ0n) is 22.5. The Labute approximate surface area is 231 Å². The topological polar surface area (TPSA) is 74.6 Å². The summed E-state index contributed by atoms with van der Waals surface area (Å²) in [6, 6.07) is 10.2. The standard InChI is InChI=1S/C31H33F2N5O2/c32-24-10-2-8-21-7-1-9-22(25(21)24)27-26(33)28-23(16-34-27)29(37-13-3-6-20(17-37)18-39)36-30(35-28)40-19-31-11-4-14-38(31)15-5-12-31/h1-2,7-10,16,20,39H,3-6,11-15,17-19H2/t20-/m1/s1. The summed E-state index contributed by atoms with van der Waals surface area (Å²) in [5, 5.41) is 11.3. The van der Waals surface area contributed by atoms with E-state index in [-0.39, 0.29) is 35.3 Å². The second kappa shape index (κ2) is 10.2. The second-order valence-electron chi connectivity index (χ2n) is 11.5. The van der Waals surface area contributed by atoms with Crippen molar-refractivity contribution in [1.82, 2.24) is 19.9 Å². The van der Waals surface area contributed by atoms with Gasteiger partial charge >= 0.3 is 6.01 Å². The van der Waals surface area contributed by atoms with Gasteiger partial charge < -0.3 is 14.7 Å². The number of benzene rings is 2. The minimum Gasteiger partial charge on any atom is -0.461 e. The summed E-state index contributed by atoms with van der Waals surface area (Å²) >= 11 is 0. The van der Waals surface area contributed by atoms with E-state index in [2.05, 4.69) is 19.8 Å². The number of aliphatic hydroxyl groups excluding tert-OH is 1. The molecule has 208 valence electrons. The number of nitrogens with zero attached hydrogens (tertiary/aromatic N) is 5. The van der Waals surface area contributed by atoms with Gasteiger partial charge in [0.05, 0.1) is 10.9 Å². The summed E-state index contributed by atoms with van der Waals surface area (Å²) in [6.07, 6.45) is 7.86. The van der Waals surface area contributed by atoms with Gasteiger partial charge in [0.2, 0.25) is 0 Å². The molecule has 3 aliphatic rings. The van der Waals surface area contributed by atoms with Crippen LogP contribution in [0.2, 0.25) is 0 Å². The van der Waals surface area contributed by atoms with Crippen molar-refractivity contribution in [3.63, 3.8) is 0 Å². The van der Waals surface area contributed by atoms with Crippen LogP contribution < -0.4 is 9.64 Å². The number of ether oxygens (including phenoxy) is 1. The summed E-state index contributed by atoms with van der Waals surface area (Å²) < 4.78 is 37.7. The highest BCUT2D eigenvalue weighted by Crippen LogP contribution is 2.40. The van der Waals surface area contributed by atoms with Crippen LogP contribution in [0.15, 0.2) is 42.6 Å². The fourth-order valence-corrected chi connectivity index (χ4v) is 7.07. The fraction of sp³-hybridized carbons (Fsp3) is 0.452. The predicted octanol–water partition coefficient (Wildman–Crippen LogP) is 5.34. The SMILES string of the molecule is OC[C@@H]1CCCN(c2nc(OCC34CCCN3CCC4)nc3c(F)c(-c4cccc5cccc(F)c45)ncc23)C1. The molecule has 4 aromatic rings. The van der Waals surface area contributed by atoms with E-state index in [9.17, 15) is 9.50 Å². The molecule has 1 N–H and O–H groups in total. The number of rotatable bonds is 6. The molecule has 0 radical (unpaired) electrons. The molecule has 5 heterocycles. The lowest BCUT2D eigenvalue weighted by atomic mass is 9.95. The van der Waals surface area contributed by atoms with E-state index in [0.717, 1.165) is 58.2 Å². The smallest absolute Gasteiger partial charge is 0.319 e. The molecule has 9 heteroatoms. The highest BCUT2D eigenvalue weighted by atomic mass is 19.1. The van der Waals surface area contributed by atoms with Gasteiger partial charge in [0, 0.05) is 36.8 Å². The molecule has 0 spiro atoms. The molecule has 40 heavy (non-hydrogen) atoms. The molecule has 0 saturated carbocycles. The maximum atomic E-state index is 16.4. The number of hydrogen-bond acceptors (Lipinski definition) is 7.